The molecule has 0 heterocycles. The number of aliphatic hydroxyl groups is 1. The van der Waals surface area contributed by atoms with E-state index in [2.05, 4.69) is 36.2 Å². The maximum atomic E-state index is 9.80. The summed E-state index contributed by atoms with van der Waals surface area (Å²) in [6.45, 7) is 1.71. The predicted molar refractivity (Wildman–Crippen MR) is 61.5 cm³/mol. The van der Waals surface area contributed by atoms with Crippen molar-refractivity contribution in [1.29, 1.82) is 0 Å². The van der Waals surface area contributed by atoms with Crippen LogP contribution in [0.15, 0.2) is 30.3 Å². The van der Waals surface area contributed by atoms with Gasteiger partial charge in [0.2, 0.25) is 0 Å². The average Bonchev–Trinajstić information content (AvgIpc) is 3.01. The molecule has 1 N–H and O–H groups in total. The Morgan fingerprint density at radius 1 is 1.33 bits per heavy atom. The number of likely N-dealkylation sites (N-methyl/N-ethyl adjacent to an activating group) is 1. The molecule has 0 spiro atoms. The zero-order valence-corrected chi connectivity index (χ0v) is 9.26. The zero-order valence-electron chi connectivity index (χ0n) is 9.26. The third-order valence-corrected chi connectivity index (χ3v) is 2.96. The van der Waals surface area contributed by atoms with Crippen molar-refractivity contribution in [2.45, 2.75) is 25.5 Å². The number of aliphatic hydroxyl groups excluding tert-OH is 1. The zero-order chi connectivity index (χ0) is 10.7. The van der Waals surface area contributed by atoms with Crippen LogP contribution in [0.3, 0.4) is 0 Å². The standard InChI is InChI=1S/C13H19NO/c1-14(10-13(15)12-7-8-12)9-11-5-3-2-4-6-11/h2-6,12-13,15H,7-10H2,1H3. The number of hydrogen-bond donors (Lipinski definition) is 1. The minimum absolute atomic E-state index is 0.126. The van der Waals surface area contributed by atoms with Crippen LogP contribution < -0.4 is 0 Å². The molecule has 1 aliphatic rings. The van der Waals surface area contributed by atoms with Crippen molar-refractivity contribution in [3.8, 4) is 0 Å². The van der Waals surface area contributed by atoms with E-state index in [4.69, 9.17) is 0 Å². The predicted octanol–water partition coefficient (Wildman–Crippen LogP) is 1.89. The molecule has 1 saturated carbocycles. The number of rotatable bonds is 5. The van der Waals surface area contributed by atoms with E-state index in [0.717, 1.165) is 13.1 Å². The quantitative estimate of drug-likeness (QED) is 0.793. The van der Waals surface area contributed by atoms with Crippen LogP contribution in [-0.4, -0.2) is 29.7 Å². The van der Waals surface area contributed by atoms with Gasteiger partial charge in [0, 0.05) is 13.1 Å². The molecule has 2 nitrogen and oxygen atoms in total. The number of benzene rings is 1. The Labute approximate surface area is 91.5 Å². The molecular weight excluding hydrogens is 186 g/mol. The van der Waals surface area contributed by atoms with Crippen molar-refractivity contribution >= 4 is 0 Å². The van der Waals surface area contributed by atoms with E-state index in [1.807, 2.05) is 6.07 Å². The van der Waals surface area contributed by atoms with Crippen LogP contribution in [0.4, 0.5) is 0 Å². The van der Waals surface area contributed by atoms with Crippen molar-refractivity contribution in [1.82, 2.24) is 4.90 Å². The first-order valence-corrected chi connectivity index (χ1v) is 5.66. The molecule has 15 heavy (non-hydrogen) atoms. The Hall–Kier alpha value is -0.860. The van der Waals surface area contributed by atoms with Gasteiger partial charge < -0.3 is 5.11 Å². The Bertz CT molecular complexity index is 295. The van der Waals surface area contributed by atoms with E-state index in [0.29, 0.717) is 5.92 Å². The topological polar surface area (TPSA) is 23.5 Å². The van der Waals surface area contributed by atoms with E-state index < -0.39 is 0 Å². The summed E-state index contributed by atoms with van der Waals surface area (Å²) < 4.78 is 0. The van der Waals surface area contributed by atoms with Crippen molar-refractivity contribution in [3.63, 3.8) is 0 Å². The lowest BCUT2D eigenvalue weighted by atomic mass is 10.2. The molecular formula is C13H19NO. The van der Waals surface area contributed by atoms with Crippen LogP contribution in [0.5, 0.6) is 0 Å². The molecule has 0 amide bonds. The van der Waals surface area contributed by atoms with Gasteiger partial charge in [-0.15, -0.1) is 0 Å². The monoisotopic (exact) mass is 205 g/mol. The first-order valence-electron chi connectivity index (χ1n) is 5.66. The molecule has 0 saturated heterocycles. The first kappa shape index (κ1) is 10.7. The second kappa shape index (κ2) is 4.77. The molecule has 0 aliphatic heterocycles. The molecule has 82 valence electrons. The highest BCUT2D eigenvalue weighted by molar-refractivity contribution is 5.14. The van der Waals surface area contributed by atoms with Gasteiger partial charge in [-0.05, 0) is 31.4 Å². The normalized spacial score (nSPS) is 18.1. The fourth-order valence-corrected chi connectivity index (χ4v) is 1.91. The van der Waals surface area contributed by atoms with Crippen LogP contribution in [0.25, 0.3) is 0 Å². The Morgan fingerprint density at radius 3 is 2.60 bits per heavy atom. The molecule has 0 radical (unpaired) electrons. The van der Waals surface area contributed by atoms with Gasteiger partial charge in [-0.2, -0.15) is 0 Å². The molecule has 0 aromatic heterocycles. The second-order valence-electron chi connectivity index (χ2n) is 4.59. The van der Waals surface area contributed by atoms with Gasteiger partial charge in [0.25, 0.3) is 0 Å². The van der Waals surface area contributed by atoms with E-state index in [1.165, 1.54) is 18.4 Å². The first-order chi connectivity index (χ1) is 7.25. The molecule has 2 rings (SSSR count). The molecule has 1 aromatic carbocycles. The summed E-state index contributed by atoms with van der Waals surface area (Å²) in [6, 6.07) is 10.4. The molecule has 0 bridgehead atoms. The lowest BCUT2D eigenvalue weighted by molar-refractivity contribution is 0.104. The second-order valence-corrected chi connectivity index (χ2v) is 4.59. The maximum absolute atomic E-state index is 9.80. The van der Waals surface area contributed by atoms with Gasteiger partial charge in [0.15, 0.2) is 0 Å². The smallest absolute Gasteiger partial charge is 0.0695 e. The summed E-state index contributed by atoms with van der Waals surface area (Å²) in [5, 5.41) is 9.80. The molecule has 1 aromatic rings. The molecule has 1 fully saturated rings. The fourth-order valence-electron chi connectivity index (χ4n) is 1.91. The summed E-state index contributed by atoms with van der Waals surface area (Å²) in [5.41, 5.74) is 1.31. The van der Waals surface area contributed by atoms with Gasteiger partial charge in [-0.1, -0.05) is 30.3 Å². The van der Waals surface area contributed by atoms with E-state index >= 15 is 0 Å². The largest absolute Gasteiger partial charge is 0.392 e. The third kappa shape index (κ3) is 3.33. The molecule has 1 aliphatic carbocycles. The minimum atomic E-state index is -0.126. The average molecular weight is 205 g/mol. The lowest BCUT2D eigenvalue weighted by Gasteiger charge is -2.20. The van der Waals surface area contributed by atoms with Crippen LogP contribution >= 0.6 is 0 Å². The Kier molecular flexibility index (Phi) is 3.39. The van der Waals surface area contributed by atoms with Crippen LogP contribution in [0.1, 0.15) is 18.4 Å². The van der Waals surface area contributed by atoms with Gasteiger partial charge >= 0.3 is 0 Å². The molecule has 1 unspecified atom stereocenters. The third-order valence-electron chi connectivity index (χ3n) is 2.96. The van der Waals surface area contributed by atoms with Crippen molar-refractivity contribution in [2.75, 3.05) is 13.6 Å². The van der Waals surface area contributed by atoms with Crippen molar-refractivity contribution in [2.24, 2.45) is 5.92 Å². The minimum Gasteiger partial charge on any atom is -0.392 e. The van der Waals surface area contributed by atoms with E-state index in [-0.39, 0.29) is 6.10 Å². The van der Waals surface area contributed by atoms with Gasteiger partial charge in [0.1, 0.15) is 0 Å². The van der Waals surface area contributed by atoms with Crippen LogP contribution in [-0.2, 0) is 6.54 Å². The maximum Gasteiger partial charge on any atom is 0.0695 e. The molecule has 2 heteroatoms. The van der Waals surface area contributed by atoms with Gasteiger partial charge in [0.05, 0.1) is 6.10 Å². The summed E-state index contributed by atoms with van der Waals surface area (Å²) >= 11 is 0. The number of nitrogens with zero attached hydrogens (tertiary/aromatic N) is 1. The van der Waals surface area contributed by atoms with Crippen molar-refractivity contribution < 1.29 is 5.11 Å². The molecule has 1 atom stereocenters. The van der Waals surface area contributed by atoms with Crippen LogP contribution in [0, 0.1) is 5.92 Å². The highest BCUT2D eigenvalue weighted by Crippen LogP contribution is 2.32. The van der Waals surface area contributed by atoms with Gasteiger partial charge in [-0.25, -0.2) is 0 Å². The highest BCUT2D eigenvalue weighted by Gasteiger charge is 2.30. The fraction of sp³-hybridized carbons (Fsp3) is 0.538. The van der Waals surface area contributed by atoms with Crippen molar-refractivity contribution in [3.05, 3.63) is 35.9 Å². The van der Waals surface area contributed by atoms with E-state index in [1.54, 1.807) is 0 Å². The van der Waals surface area contributed by atoms with Crippen LogP contribution in [0.2, 0.25) is 0 Å². The summed E-state index contributed by atoms with van der Waals surface area (Å²) in [7, 11) is 2.07. The Morgan fingerprint density at radius 2 is 2.00 bits per heavy atom. The summed E-state index contributed by atoms with van der Waals surface area (Å²) in [6.07, 6.45) is 2.29. The Balaban J connectivity index is 1.79. The highest BCUT2D eigenvalue weighted by atomic mass is 16.3. The summed E-state index contributed by atoms with van der Waals surface area (Å²) in [4.78, 5) is 2.19. The van der Waals surface area contributed by atoms with Gasteiger partial charge in [-0.3, -0.25) is 4.90 Å². The van der Waals surface area contributed by atoms with E-state index in [9.17, 15) is 5.11 Å². The summed E-state index contributed by atoms with van der Waals surface area (Å²) in [5.74, 6) is 0.572. The number of hydrogen-bond acceptors (Lipinski definition) is 2. The lowest BCUT2D eigenvalue weighted by Crippen LogP contribution is -2.29. The SMILES string of the molecule is CN(Cc1ccccc1)CC(O)C1CC1.